The summed E-state index contributed by atoms with van der Waals surface area (Å²) in [5, 5.41) is 11.0. The summed E-state index contributed by atoms with van der Waals surface area (Å²) in [7, 11) is 1.37. The van der Waals surface area contributed by atoms with E-state index in [1.807, 2.05) is 0 Å². The summed E-state index contributed by atoms with van der Waals surface area (Å²) in [5.74, 6) is 1.03. The van der Waals surface area contributed by atoms with Crippen molar-refractivity contribution in [2.24, 2.45) is 5.92 Å². The third-order valence-electron chi connectivity index (χ3n) is 4.48. The zero-order valence-electron chi connectivity index (χ0n) is 15.8. The van der Waals surface area contributed by atoms with E-state index in [4.69, 9.17) is 4.74 Å². The van der Waals surface area contributed by atoms with Gasteiger partial charge in [-0.05, 0) is 37.2 Å². The van der Waals surface area contributed by atoms with Crippen molar-refractivity contribution in [2.45, 2.75) is 51.1 Å². The van der Waals surface area contributed by atoms with E-state index in [-0.39, 0.29) is 17.6 Å². The fourth-order valence-electron chi connectivity index (χ4n) is 3.14. The molecule has 2 N–H and O–H groups in total. The minimum Gasteiger partial charge on any atom is -0.465 e. The van der Waals surface area contributed by atoms with Crippen molar-refractivity contribution in [2.75, 3.05) is 18.2 Å². The number of hydrogen-bond acceptors (Lipinski definition) is 7. The minimum absolute atomic E-state index is 0.182. The fraction of sp³-hybridized carbons (Fsp3) is 0.556. The first-order chi connectivity index (χ1) is 13.0. The number of carbonyl (C=O) groups is 2. The Kier molecular flexibility index (Phi) is 6.54. The number of fused-ring (bicyclic) bond motifs is 1. The molecule has 7 nitrogen and oxygen atoms in total. The first-order valence-corrected chi connectivity index (χ1v) is 10.9. The molecule has 9 heteroatoms. The maximum Gasteiger partial charge on any atom is 0.341 e. The van der Waals surface area contributed by atoms with Gasteiger partial charge in [-0.3, -0.25) is 9.89 Å². The van der Waals surface area contributed by atoms with Gasteiger partial charge in [0.1, 0.15) is 10.8 Å². The van der Waals surface area contributed by atoms with E-state index in [9.17, 15) is 9.59 Å². The molecule has 1 aliphatic rings. The lowest BCUT2D eigenvalue weighted by Crippen LogP contribution is -2.17. The first kappa shape index (κ1) is 19.9. The van der Waals surface area contributed by atoms with E-state index in [1.54, 1.807) is 0 Å². The van der Waals surface area contributed by atoms with Crippen LogP contribution >= 0.6 is 23.1 Å². The molecule has 0 saturated carbocycles. The molecule has 0 unspecified atom stereocenters. The second-order valence-electron chi connectivity index (χ2n) is 6.70. The molecule has 1 aliphatic carbocycles. The van der Waals surface area contributed by atoms with Crippen molar-refractivity contribution < 1.29 is 14.3 Å². The van der Waals surface area contributed by atoms with Gasteiger partial charge >= 0.3 is 5.97 Å². The summed E-state index contributed by atoms with van der Waals surface area (Å²) >= 11 is 2.76. The standard InChI is InChI=1S/C18H24N4O3S2/c1-4-5-13-19-18(22-21-13)26-9-14(23)20-16-15(17(24)25-3)11-7-6-10(2)8-12(11)27-16/h10H,4-9H2,1-3H3,(H,20,23)(H,19,21,22)/t10-/m0/s1. The van der Waals surface area contributed by atoms with Crippen molar-refractivity contribution in [3.05, 3.63) is 21.8 Å². The van der Waals surface area contributed by atoms with Crippen LogP contribution in [-0.2, 0) is 28.8 Å². The second-order valence-corrected chi connectivity index (χ2v) is 8.75. The molecule has 1 atom stereocenters. The summed E-state index contributed by atoms with van der Waals surface area (Å²) in [6.45, 7) is 4.28. The Morgan fingerprint density at radius 3 is 3.00 bits per heavy atom. The number of ether oxygens (including phenoxy) is 1. The molecule has 0 saturated heterocycles. The molecule has 0 spiro atoms. The number of aromatic nitrogens is 3. The number of esters is 1. The number of rotatable bonds is 7. The number of hydrogen-bond donors (Lipinski definition) is 2. The van der Waals surface area contributed by atoms with E-state index >= 15 is 0 Å². The van der Waals surface area contributed by atoms with Crippen LogP contribution in [0, 0.1) is 5.92 Å². The highest BCUT2D eigenvalue weighted by molar-refractivity contribution is 7.99. The van der Waals surface area contributed by atoms with Gasteiger partial charge in [-0.1, -0.05) is 25.6 Å². The van der Waals surface area contributed by atoms with Crippen molar-refractivity contribution in [1.82, 2.24) is 15.2 Å². The van der Waals surface area contributed by atoms with Crippen LogP contribution in [-0.4, -0.2) is 39.9 Å². The topological polar surface area (TPSA) is 97.0 Å². The lowest BCUT2D eigenvalue weighted by atomic mass is 9.88. The van der Waals surface area contributed by atoms with E-state index in [1.165, 1.54) is 35.1 Å². The number of nitrogens with zero attached hydrogens (tertiary/aromatic N) is 2. The van der Waals surface area contributed by atoms with E-state index in [0.29, 0.717) is 21.6 Å². The number of aromatic amines is 1. The zero-order valence-corrected chi connectivity index (χ0v) is 17.4. The van der Waals surface area contributed by atoms with E-state index in [0.717, 1.165) is 43.5 Å². The molecule has 0 aliphatic heterocycles. The summed E-state index contributed by atoms with van der Waals surface area (Å²) in [6, 6.07) is 0. The number of thiophene rings is 1. The second kappa shape index (κ2) is 8.88. The lowest BCUT2D eigenvalue weighted by Gasteiger charge is -2.18. The third-order valence-corrected chi connectivity index (χ3v) is 6.50. The Bertz CT molecular complexity index is 831. The Labute approximate surface area is 166 Å². The molecular weight excluding hydrogens is 384 g/mol. The van der Waals surface area contributed by atoms with Gasteiger partial charge in [0.05, 0.1) is 18.4 Å². The Morgan fingerprint density at radius 2 is 2.26 bits per heavy atom. The molecule has 2 aromatic heterocycles. The van der Waals surface area contributed by atoms with E-state index in [2.05, 4.69) is 34.3 Å². The Balaban J connectivity index is 1.68. The maximum absolute atomic E-state index is 12.4. The highest BCUT2D eigenvalue weighted by Gasteiger charge is 2.28. The van der Waals surface area contributed by atoms with Crippen molar-refractivity contribution in [3.8, 4) is 0 Å². The van der Waals surface area contributed by atoms with E-state index < -0.39 is 0 Å². The van der Waals surface area contributed by atoms with Crippen LogP contribution in [0.5, 0.6) is 0 Å². The minimum atomic E-state index is -0.386. The van der Waals surface area contributed by atoms with Gasteiger partial charge in [0.15, 0.2) is 0 Å². The largest absolute Gasteiger partial charge is 0.465 e. The van der Waals surface area contributed by atoms with Gasteiger partial charge in [-0.2, -0.15) is 0 Å². The molecule has 2 heterocycles. The Hall–Kier alpha value is -1.87. The molecule has 3 rings (SSSR count). The van der Waals surface area contributed by atoms with Crippen molar-refractivity contribution in [1.29, 1.82) is 0 Å². The third kappa shape index (κ3) is 4.70. The number of H-pyrrole nitrogens is 1. The average molecular weight is 409 g/mol. The van der Waals surface area contributed by atoms with Gasteiger partial charge in [-0.25, -0.2) is 9.78 Å². The van der Waals surface area contributed by atoms with Gasteiger partial charge in [0.2, 0.25) is 11.1 Å². The summed E-state index contributed by atoms with van der Waals surface area (Å²) < 4.78 is 4.95. The molecule has 0 fully saturated rings. The van der Waals surface area contributed by atoms with Crippen LogP contribution < -0.4 is 5.32 Å². The average Bonchev–Trinajstić information content (AvgIpc) is 3.23. The predicted octanol–water partition coefficient (Wildman–Crippen LogP) is 3.46. The van der Waals surface area contributed by atoms with Crippen LogP contribution in [0.3, 0.4) is 0 Å². The summed E-state index contributed by atoms with van der Waals surface area (Å²) in [6.07, 6.45) is 4.65. The first-order valence-electron chi connectivity index (χ1n) is 9.08. The monoisotopic (exact) mass is 408 g/mol. The highest BCUT2D eigenvalue weighted by Crippen LogP contribution is 2.40. The van der Waals surface area contributed by atoms with Crippen LogP contribution in [0.25, 0.3) is 0 Å². The predicted molar refractivity (Wildman–Crippen MR) is 107 cm³/mol. The Morgan fingerprint density at radius 1 is 1.44 bits per heavy atom. The number of carbonyl (C=O) groups excluding carboxylic acids is 2. The molecular formula is C18H24N4O3S2. The lowest BCUT2D eigenvalue weighted by molar-refractivity contribution is -0.113. The van der Waals surface area contributed by atoms with Crippen LogP contribution in [0.4, 0.5) is 5.00 Å². The molecule has 2 aromatic rings. The van der Waals surface area contributed by atoms with Crippen molar-refractivity contribution in [3.63, 3.8) is 0 Å². The number of nitrogens with one attached hydrogen (secondary N) is 2. The van der Waals surface area contributed by atoms with Gasteiger partial charge < -0.3 is 10.1 Å². The zero-order chi connectivity index (χ0) is 19.4. The molecule has 27 heavy (non-hydrogen) atoms. The number of anilines is 1. The quantitative estimate of drug-likeness (QED) is 0.538. The van der Waals surface area contributed by atoms with Crippen LogP contribution in [0.15, 0.2) is 5.16 Å². The smallest absolute Gasteiger partial charge is 0.341 e. The van der Waals surface area contributed by atoms with Crippen LogP contribution in [0.2, 0.25) is 0 Å². The molecule has 1 amide bonds. The molecule has 146 valence electrons. The molecule has 0 aromatic carbocycles. The fourth-order valence-corrected chi connectivity index (χ4v) is 5.17. The highest BCUT2D eigenvalue weighted by atomic mass is 32.2. The van der Waals surface area contributed by atoms with Crippen LogP contribution in [0.1, 0.15) is 53.3 Å². The normalized spacial score (nSPS) is 16.0. The van der Waals surface area contributed by atoms with Crippen molar-refractivity contribution >= 4 is 40.0 Å². The van der Waals surface area contributed by atoms with Gasteiger partial charge in [0, 0.05) is 11.3 Å². The molecule has 0 bridgehead atoms. The van der Waals surface area contributed by atoms with Gasteiger partial charge in [-0.15, -0.1) is 16.4 Å². The number of amides is 1. The summed E-state index contributed by atoms with van der Waals surface area (Å²) in [4.78, 5) is 30.2. The maximum atomic E-state index is 12.4. The number of methoxy groups -OCH3 is 1. The molecule has 0 radical (unpaired) electrons. The SMILES string of the molecule is CCCc1nc(SCC(=O)Nc2sc3c(c2C(=O)OC)CC[C@H](C)C3)n[nH]1. The number of thioether (sulfide) groups is 1. The van der Waals surface area contributed by atoms with Gasteiger partial charge in [0.25, 0.3) is 0 Å². The number of aryl methyl sites for hydroxylation is 1. The summed E-state index contributed by atoms with van der Waals surface area (Å²) in [5.41, 5.74) is 1.55.